The predicted molar refractivity (Wildman–Crippen MR) is 75.8 cm³/mol. The molecule has 0 unspecified atom stereocenters. The van der Waals surface area contributed by atoms with Gasteiger partial charge in [-0.05, 0) is 6.07 Å². The first kappa shape index (κ1) is 16.7. The van der Waals surface area contributed by atoms with Crippen molar-refractivity contribution in [1.29, 1.82) is 0 Å². The van der Waals surface area contributed by atoms with Gasteiger partial charge in [0.25, 0.3) is 0 Å². The van der Waals surface area contributed by atoms with Gasteiger partial charge in [0.15, 0.2) is 17.3 Å². The summed E-state index contributed by atoms with van der Waals surface area (Å²) in [5, 5.41) is 35.5. The van der Waals surface area contributed by atoms with Crippen molar-refractivity contribution >= 4 is 40.6 Å². The number of hydrogen-bond acceptors (Lipinski definition) is 6. The van der Waals surface area contributed by atoms with Crippen LogP contribution in [0.1, 0.15) is 10.4 Å². The molecule has 0 saturated heterocycles. The average Bonchev–Trinajstić information content (AvgIpc) is 2.39. The first-order chi connectivity index (χ1) is 9.65. The van der Waals surface area contributed by atoms with Crippen LogP contribution in [0.3, 0.4) is 0 Å². The molecule has 0 fully saturated rings. The molecule has 0 aliphatic carbocycles. The number of phenols is 2. The molecule has 1 rings (SSSR count). The molecule has 0 bridgehead atoms. The lowest BCUT2D eigenvalue weighted by atomic mass is 10.1. The second-order valence-corrected chi connectivity index (χ2v) is 4.59. The number of anilines is 1. The van der Waals surface area contributed by atoms with Crippen LogP contribution >= 0.6 is 23.2 Å². The van der Waals surface area contributed by atoms with Crippen molar-refractivity contribution in [2.45, 2.75) is 0 Å². The fourth-order valence-corrected chi connectivity index (χ4v) is 1.68. The number of aliphatic hydroxyl groups excluding tert-OH is 1. The van der Waals surface area contributed by atoms with E-state index in [0.717, 1.165) is 12.1 Å². The van der Waals surface area contributed by atoms with E-state index in [4.69, 9.17) is 39.1 Å². The third-order valence-corrected chi connectivity index (χ3v) is 2.80. The van der Waals surface area contributed by atoms with E-state index in [1.165, 1.54) is 0 Å². The standard InChI is InChI=1S/C12H9Cl2NO6/c13-4(2-8(17)12(20)21)1-7(16)5-3-6(14)10(18)11(19)9(5)15/h1-3,17-19H,15H2,(H,20,21). The molecule has 21 heavy (non-hydrogen) atoms. The van der Waals surface area contributed by atoms with E-state index in [0.29, 0.717) is 6.08 Å². The molecule has 0 amide bonds. The Morgan fingerprint density at radius 3 is 2.24 bits per heavy atom. The van der Waals surface area contributed by atoms with Crippen molar-refractivity contribution in [2.24, 2.45) is 0 Å². The summed E-state index contributed by atoms with van der Waals surface area (Å²) in [6.07, 6.45) is 1.40. The lowest BCUT2D eigenvalue weighted by Crippen LogP contribution is -2.03. The van der Waals surface area contributed by atoms with Crippen molar-refractivity contribution in [1.82, 2.24) is 0 Å². The van der Waals surface area contributed by atoms with Gasteiger partial charge in [0, 0.05) is 17.2 Å². The van der Waals surface area contributed by atoms with Gasteiger partial charge in [-0.3, -0.25) is 4.79 Å². The Morgan fingerprint density at radius 2 is 1.71 bits per heavy atom. The monoisotopic (exact) mass is 333 g/mol. The molecular formula is C12H9Cl2NO6. The van der Waals surface area contributed by atoms with E-state index in [1.54, 1.807) is 0 Å². The minimum Gasteiger partial charge on any atom is -0.503 e. The molecule has 0 radical (unpaired) electrons. The number of carbonyl (C=O) groups excluding carboxylic acids is 1. The van der Waals surface area contributed by atoms with E-state index < -0.39 is 34.7 Å². The maximum atomic E-state index is 11.9. The number of benzene rings is 1. The van der Waals surface area contributed by atoms with Gasteiger partial charge >= 0.3 is 5.97 Å². The number of allylic oxidation sites excluding steroid dienone is 3. The second-order valence-electron chi connectivity index (χ2n) is 3.75. The summed E-state index contributed by atoms with van der Waals surface area (Å²) in [6.45, 7) is 0. The number of nitrogen functional groups attached to an aromatic ring is 1. The minimum absolute atomic E-state index is 0.253. The molecule has 0 aliphatic heterocycles. The molecule has 6 N–H and O–H groups in total. The highest BCUT2D eigenvalue weighted by molar-refractivity contribution is 6.35. The van der Waals surface area contributed by atoms with E-state index in [1.807, 2.05) is 0 Å². The zero-order valence-electron chi connectivity index (χ0n) is 10.2. The maximum Gasteiger partial charge on any atom is 0.370 e. The van der Waals surface area contributed by atoms with E-state index in [-0.39, 0.29) is 15.6 Å². The van der Waals surface area contributed by atoms with E-state index in [2.05, 4.69) is 0 Å². The fraction of sp³-hybridized carbons (Fsp3) is 0. The molecule has 9 heteroatoms. The van der Waals surface area contributed by atoms with Crippen molar-refractivity contribution in [3.63, 3.8) is 0 Å². The highest BCUT2D eigenvalue weighted by Crippen LogP contribution is 2.40. The highest BCUT2D eigenvalue weighted by atomic mass is 35.5. The van der Waals surface area contributed by atoms with Crippen molar-refractivity contribution in [3.8, 4) is 11.5 Å². The smallest absolute Gasteiger partial charge is 0.370 e. The summed E-state index contributed by atoms with van der Waals surface area (Å²) in [7, 11) is 0. The number of phenolic OH excluding ortho intramolecular Hbond substituents is 2. The first-order valence-electron chi connectivity index (χ1n) is 5.20. The summed E-state index contributed by atoms with van der Waals surface area (Å²) in [4.78, 5) is 22.3. The molecule has 0 heterocycles. The third kappa shape index (κ3) is 3.80. The number of hydrogen-bond donors (Lipinski definition) is 5. The van der Waals surface area contributed by atoms with Gasteiger partial charge in [0.1, 0.15) is 0 Å². The SMILES string of the molecule is Nc1c(C(=O)C=C(Cl)C=C(O)C(=O)O)cc(Cl)c(O)c1O. The zero-order chi connectivity index (χ0) is 16.3. The Bertz CT molecular complexity index is 681. The summed E-state index contributed by atoms with van der Waals surface area (Å²) in [5.74, 6) is -4.95. The summed E-state index contributed by atoms with van der Waals surface area (Å²) < 4.78 is 0. The van der Waals surface area contributed by atoms with Gasteiger partial charge < -0.3 is 26.2 Å². The van der Waals surface area contributed by atoms with Crippen molar-refractivity contribution in [2.75, 3.05) is 5.73 Å². The molecule has 0 saturated carbocycles. The van der Waals surface area contributed by atoms with Gasteiger partial charge in [-0.15, -0.1) is 0 Å². The number of aliphatic hydroxyl groups is 1. The predicted octanol–water partition coefficient (Wildman–Crippen LogP) is 2.17. The second kappa shape index (κ2) is 6.38. The molecule has 0 aromatic heterocycles. The van der Waals surface area contributed by atoms with Crippen LogP contribution in [0.25, 0.3) is 0 Å². The summed E-state index contributed by atoms with van der Waals surface area (Å²) in [6, 6.07) is 1.01. The van der Waals surface area contributed by atoms with Crippen LogP contribution in [0.15, 0.2) is 29.0 Å². The lowest BCUT2D eigenvalue weighted by Gasteiger charge is -2.08. The van der Waals surface area contributed by atoms with Crippen LogP contribution in [0.4, 0.5) is 5.69 Å². The topological polar surface area (TPSA) is 141 Å². The lowest BCUT2D eigenvalue weighted by molar-refractivity contribution is -0.135. The molecule has 0 spiro atoms. The average molecular weight is 334 g/mol. The molecule has 1 aromatic carbocycles. The van der Waals surface area contributed by atoms with E-state index in [9.17, 15) is 19.8 Å². The fourth-order valence-electron chi connectivity index (χ4n) is 1.28. The Morgan fingerprint density at radius 1 is 1.14 bits per heavy atom. The quantitative estimate of drug-likeness (QED) is 0.142. The molecule has 112 valence electrons. The number of carboxylic acids is 1. The number of nitrogens with two attached hydrogens (primary N) is 1. The Labute approximate surface area is 128 Å². The van der Waals surface area contributed by atoms with Crippen molar-refractivity contribution < 1.29 is 30.0 Å². The van der Waals surface area contributed by atoms with Crippen LogP contribution in [-0.2, 0) is 4.79 Å². The van der Waals surface area contributed by atoms with Gasteiger partial charge in [-0.25, -0.2) is 4.79 Å². The molecule has 0 atom stereocenters. The Kier molecular flexibility index (Phi) is 5.07. The number of carboxylic acid groups (broad SMARTS) is 1. The van der Waals surface area contributed by atoms with Crippen LogP contribution in [0.2, 0.25) is 5.02 Å². The first-order valence-corrected chi connectivity index (χ1v) is 5.96. The van der Waals surface area contributed by atoms with Gasteiger partial charge in [-0.2, -0.15) is 0 Å². The van der Waals surface area contributed by atoms with Crippen LogP contribution in [0, 0.1) is 0 Å². The maximum absolute atomic E-state index is 11.9. The minimum atomic E-state index is -1.63. The number of carbonyl (C=O) groups is 2. The Balaban J connectivity index is 3.22. The number of ketones is 1. The molecule has 1 aromatic rings. The Hall–Kier alpha value is -2.38. The molecular weight excluding hydrogens is 325 g/mol. The zero-order valence-corrected chi connectivity index (χ0v) is 11.7. The largest absolute Gasteiger partial charge is 0.503 e. The third-order valence-electron chi connectivity index (χ3n) is 2.30. The van der Waals surface area contributed by atoms with Crippen LogP contribution < -0.4 is 5.73 Å². The van der Waals surface area contributed by atoms with Gasteiger partial charge in [-0.1, -0.05) is 23.2 Å². The number of aromatic hydroxyl groups is 2. The number of halogens is 2. The highest BCUT2D eigenvalue weighted by Gasteiger charge is 2.18. The van der Waals surface area contributed by atoms with E-state index >= 15 is 0 Å². The van der Waals surface area contributed by atoms with Crippen LogP contribution in [-0.4, -0.2) is 32.2 Å². The van der Waals surface area contributed by atoms with Crippen molar-refractivity contribution in [3.05, 3.63) is 39.6 Å². The normalized spacial score (nSPS) is 12.3. The molecule has 7 nitrogen and oxygen atoms in total. The summed E-state index contributed by atoms with van der Waals surface area (Å²) >= 11 is 11.2. The number of aliphatic carboxylic acids is 1. The van der Waals surface area contributed by atoms with Crippen LogP contribution in [0.5, 0.6) is 11.5 Å². The van der Waals surface area contributed by atoms with Gasteiger partial charge in [0.05, 0.1) is 16.3 Å². The molecule has 0 aliphatic rings. The number of rotatable bonds is 4. The van der Waals surface area contributed by atoms with Gasteiger partial charge in [0.2, 0.25) is 5.76 Å². The summed E-state index contributed by atoms with van der Waals surface area (Å²) in [5.41, 5.74) is 4.78.